The Labute approximate surface area is 174 Å². The molecule has 1 saturated heterocycles. The van der Waals surface area contributed by atoms with Crippen molar-refractivity contribution in [3.63, 3.8) is 0 Å². The van der Waals surface area contributed by atoms with Gasteiger partial charge in [-0.25, -0.2) is 9.59 Å². The fourth-order valence-electron chi connectivity index (χ4n) is 2.57. The molecule has 0 spiro atoms. The van der Waals surface area contributed by atoms with Gasteiger partial charge >= 0.3 is 11.9 Å². The second-order valence-corrected chi connectivity index (χ2v) is 7.60. The Morgan fingerprint density at radius 3 is 2.17 bits per heavy atom. The highest BCUT2D eigenvalue weighted by Crippen LogP contribution is 2.34. The molecule has 0 aliphatic carbocycles. The summed E-state index contributed by atoms with van der Waals surface area (Å²) in [5.41, 5.74) is 0.295. The average Bonchev–Trinajstić information content (AvgIpc) is 3.11. The lowest BCUT2D eigenvalue weighted by molar-refractivity contribution is 0.0132. The number of hydrogen-bond acceptors (Lipinski definition) is 6. The van der Waals surface area contributed by atoms with Gasteiger partial charge in [0.2, 0.25) is 0 Å². The van der Waals surface area contributed by atoms with Crippen LogP contribution in [0.1, 0.15) is 27.1 Å². The highest BCUT2D eigenvalue weighted by molar-refractivity contribution is 8.00. The topological polar surface area (TPSA) is 93.1 Å². The molecule has 0 radical (unpaired) electrons. The van der Waals surface area contributed by atoms with Crippen molar-refractivity contribution in [3.05, 3.63) is 84.4 Å². The van der Waals surface area contributed by atoms with Gasteiger partial charge in [0.1, 0.15) is 12.0 Å². The van der Waals surface area contributed by atoms with Gasteiger partial charge in [-0.05, 0) is 30.7 Å². The number of aliphatic hydroxyl groups is 1. The van der Waals surface area contributed by atoms with E-state index in [9.17, 15) is 14.7 Å². The van der Waals surface area contributed by atoms with Crippen LogP contribution in [0.3, 0.4) is 0 Å². The third kappa shape index (κ3) is 7.73. The van der Waals surface area contributed by atoms with Crippen molar-refractivity contribution in [3.8, 4) is 0 Å². The lowest BCUT2D eigenvalue weighted by Crippen LogP contribution is -2.21. The van der Waals surface area contributed by atoms with Crippen molar-refractivity contribution in [1.82, 2.24) is 0 Å². The average molecular weight is 416 g/mol. The van der Waals surface area contributed by atoms with Crippen molar-refractivity contribution >= 4 is 23.7 Å². The minimum absolute atomic E-state index is 0.0625. The number of carboxylic acid groups (broad SMARTS) is 1. The summed E-state index contributed by atoms with van der Waals surface area (Å²) in [5, 5.41) is 18.3. The smallest absolute Gasteiger partial charge is 0.338 e. The SMILES string of the molecule is C=CCO[C@H]1C[C@@H](COC(=O)c2ccccc2)SC1O.O=C(O)c1ccccc1. The van der Waals surface area contributed by atoms with Crippen molar-refractivity contribution in [2.24, 2.45) is 0 Å². The van der Waals surface area contributed by atoms with Gasteiger partial charge in [0, 0.05) is 5.25 Å². The first-order chi connectivity index (χ1) is 14.0. The first-order valence-corrected chi connectivity index (χ1v) is 10.0. The standard InChI is InChI=1S/C15H18O4S.C7H6O2/c1-2-8-18-13-9-12(20-15(13)17)10-19-14(16)11-6-4-3-5-7-11;8-7(9)6-4-2-1-3-5-6/h2-7,12-13,15,17H,1,8-10H2;1-5H,(H,8,9)/t12-,13-,15?;/m0./s1. The molecule has 2 aromatic carbocycles. The summed E-state index contributed by atoms with van der Waals surface area (Å²) >= 11 is 1.38. The minimum atomic E-state index is -0.879. The van der Waals surface area contributed by atoms with Gasteiger partial charge in [-0.2, -0.15) is 0 Å². The lowest BCUT2D eigenvalue weighted by atomic mass is 10.2. The van der Waals surface area contributed by atoms with Gasteiger partial charge in [0.15, 0.2) is 0 Å². The van der Waals surface area contributed by atoms with E-state index < -0.39 is 11.4 Å². The van der Waals surface area contributed by atoms with Crippen LogP contribution in [0.15, 0.2) is 73.3 Å². The van der Waals surface area contributed by atoms with E-state index in [0.29, 0.717) is 24.2 Å². The summed E-state index contributed by atoms with van der Waals surface area (Å²) in [7, 11) is 0. The number of esters is 1. The Morgan fingerprint density at radius 1 is 1.07 bits per heavy atom. The molecule has 3 rings (SSSR count). The second kappa shape index (κ2) is 12.1. The van der Waals surface area contributed by atoms with E-state index in [1.54, 1.807) is 60.7 Å². The number of aromatic carboxylic acids is 1. The van der Waals surface area contributed by atoms with E-state index >= 15 is 0 Å². The molecule has 29 heavy (non-hydrogen) atoms. The van der Waals surface area contributed by atoms with E-state index in [-0.39, 0.29) is 23.9 Å². The number of hydrogen-bond donors (Lipinski definition) is 2. The molecule has 0 saturated carbocycles. The van der Waals surface area contributed by atoms with Crippen LogP contribution in [-0.4, -0.2) is 52.2 Å². The molecule has 1 aliphatic rings. The Balaban J connectivity index is 0.000000278. The summed E-state index contributed by atoms with van der Waals surface area (Å²) in [6, 6.07) is 17.2. The molecule has 0 aromatic heterocycles. The zero-order valence-electron chi connectivity index (χ0n) is 15.8. The fourth-order valence-corrected chi connectivity index (χ4v) is 3.78. The largest absolute Gasteiger partial charge is 0.478 e. The van der Waals surface area contributed by atoms with Crippen LogP contribution in [0.5, 0.6) is 0 Å². The zero-order valence-corrected chi connectivity index (χ0v) is 16.7. The van der Waals surface area contributed by atoms with Gasteiger partial charge < -0.3 is 19.7 Å². The van der Waals surface area contributed by atoms with Crippen LogP contribution in [0.25, 0.3) is 0 Å². The van der Waals surface area contributed by atoms with Crippen LogP contribution in [0, 0.1) is 0 Å². The third-order valence-corrected chi connectivity index (χ3v) is 5.30. The summed E-state index contributed by atoms with van der Waals surface area (Å²) in [6.07, 6.45) is 2.10. The zero-order chi connectivity index (χ0) is 21.1. The second-order valence-electron chi connectivity index (χ2n) is 6.18. The number of benzene rings is 2. The maximum absolute atomic E-state index is 11.8. The quantitative estimate of drug-likeness (QED) is 0.526. The highest BCUT2D eigenvalue weighted by Gasteiger charge is 2.35. The lowest BCUT2D eigenvalue weighted by Gasteiger charge is -2.12. The number of carboxylic acids is 1. The molecular weight excluding hydrogens is 392 g/mol. The molecule has 0 amide bonds. The third-order valence-electron chi connectivity index (χ3n) is 4.00. The van der Waals surface area contributed by atoms with E-state index in [2.05, 4.69) is 6.58 Å². The van der Waals surface area contributed by atoms with Crippen LogP contribution < -0.4 is 0 Å². The number of ether oxygens (including phenoxy) is 2. The molecule has 6 nitrogen and oxygen atoms in total. The molecule has 0 bridgehead atoms. The number of rotatable bonds is 7. The van der Waals surface area contributed by atoms with Crippen LogP contribution in [0.4, 0.5) is 0 Å². The first-order valence-electron chi connectivity index (χ1n) is 9.07. The van der Waals surface area contributed by atoms with Gasteiger partial charge in [0.05, 0.1) is 23.8 Å². The van der Waals surface area contributed by atoms with E-state index in [0.717, 1.165) is 0 Å². The minimum Gasteiger partial charge on any atom is -0.478 e. The van der Waals surface area contributed by atoms with Crippen LogP contribution in [-0.2, 0) is 9.47 Å². The Bertz CT molecular complexity index is 780. The molecule has 1 unspecified atom stereocenters. The summed E-state index contributed by atoms with van der Waals surface area (Å²) in [4.78, 5) is 22.0. The van der Waals surface area contributed by atoms with E-state index in [1.807, 2.05) is 6.07 Å². The monoisotopic (exact) mass is 416 g/mol. The number of thioether (sulfide) groups is 1. The summed E-state index contributed by atoms with van der Waals surface area (Å²) in [6.45, 7) is 4.27. The Hall–Kier alpha value is -2.61. The molecule has 154 valence electrons. The van der Waals surface area contributed by atoms with Gasteiger partial charge in [0.25, 0.3) is 0 Å². The normalized spacial score (nSPS) is 20.2. The van der Waals surface area contributed by atoms with Crippen LogP contribution in [0.2, 0.25) is 0 Å². The van der Waals surface area contributed by atoms with Gasteiger partial charge in [-0.3, -0.25) is 0 Å². The van der Waals surface area contributed by atoms with Crippen molar-refractivity contribution in [1.29, 1.82) is 0 Å². The van der Waals surface area contributed by atoms with Crippen molar-refractivity contribution in [2.45, 2.75) is 23.2 Å². The number of carbonyl (C=O) groups is 2. The number of aliphatic hydroxyl groups excluding tert-OH is 1. The maximum atomic E-state index is 11.8. The summed E-state index contributed by atoms with van der Waals surface area (Å²) < 4.78 is 10.7. The summed E-state index contributed by atoms with van der Waals surface area (Å²) in [5.74, 6) is -1.22. The van der Waals surface area contributed by atoms with Crippen molar-refractivity contribution in [2.75, 3.05) is 13.2 Å². The molecule has 7 heteroatoms. The van der Waals surface area contributed by atoms with Gasteiger partial charge in [-0.15, -0.1) is 18.3 Å². The molecule has 2 N–H and O–H groups in total. The number of carbonyl (C=O) groups excluding carboxylic acids is 1. The fraction of sp³-hybridized carbons (Fsp3) is 0.273. The Morgan fingerprint density at radius 2 is 1.66 bits per heavy atom. The molecular formula is C22H24O6S. The predicted molar refractivity (Wildman–Crippen MR) is 112 cm³/mol. The van der Waals surface area contributed by atoms with Crippen LogP contribution >= 0.6 is 11.8 Å². The molecule has 1 aliphatic heterocycles. The maximum Gasteiger partial charge on any atom is 0.338 e. The molecule has 3 atom stereocenters. The van der Waals surface area contributed by atoms with E-state index in [4.69, 9.17) is 14.6 Å². The highest BCUT2D eigenvalue weighted by atomic mass is 32.2. The molecule has 1 heterocycles. The predicted octanol–water partition coefficient (Wildman–Crippen LogP) is 3.62. The Kier molecular flexibility index (Phi) is 9.43. The van der Waals surface area contributed by atoms with E-state index in [1.165, 1.54) is 11.8 Å². The molecule has 1 fully saturated rings. The van der Waals surface area contributed by atoms with Gasteiger partial charge in [-0.1, -0.05) is 42.5 Å². The van der Waals surface area contributed by atoms with Crippen molar-refractivity contribution < 1.29 is 29.3 Å². The molecule has 2 aromatic rings. The first kappa shape index (κ1) is 22.7.